The molecule has 7 nitrogen and oxygen atoms in total. The van der Waals surface area contributed by atoms with E-state index in [9.17, 15) is 18.0 Å². The van der Waals surface area contributed by atoms with Gasteiger partial charge < -0.3 is 16.0 Å². The maximum absolute atomic E-state index is 12.2. The Morgan fingerprint density at radius 3 is 2.84 bits per heavy atom. The Balaban J connectivity index is 1.45. The van der Waals surface area contributed by atoms with E-state index in [2.05, 4.69) is 16.0 Å². The summed E-state index contributed by atoms with van der Waals surface area (Å²) < 4.78 is 24.4. The van der Waals surface area contributed by atoms with Crippen molar-refractivity contribution in [1.82, 2.24) is 10.6 Å². The number of urea groups is 1. The highest BCUT2D eigenvalue weighted by Crippen LogP contribution is 2.28. The van der Waals surface area contributed by atoms with E-state index in [0.717, 1.165) is 11.3 Å². The number of fused-ring (bicyclic) bond motifs is 1. The summed E-state index contributed by atoms with van der Waals surface area (Å²) in [5.41, 5.74) is 1.84. The number of anilines is 1. The van der Waals surface area contributed by atoms with Crippen LogP contribution < -0.4 is 16.0 Å². The van der Waals surface area contributed by atoms with Crippen LogP contribution in [0.15, 0.2) is 24.3 Å². The molecule has 3 amide bonds. The first-order valence-corrected chi connectivity index (χ1v) is 10.2. The molecule has 0 radical (unpaired) electrons. The van der Waals surface area contributed by atoms with Gasteiger partial charge in [0, 0.05) is 12.1 Å². The molecule has 0 aliphatic carbocycles. The van der Waals surface area contributed by atoms with Crippen LogP contribution in [-0.4, -0.2) is 43.4 Å². The van der Waals surface area contributed by atoms with Gasteiger partial charge in [-0.05, 0) is 37.5 Å². The van der Waals surface area contributed by atoms with Gasteiger partial charge >= 0.3 is 6.03 Å². The summed E-state index contributed by atoms with van der Waals surface area (Å²) in [5.74, 6) is -0.0804. The molecule has 3 rings (SSSR count). The Hall–Kier alpha value is -2.09. The molecule has 2 fully saturated rings. The fourth-order valence-electron chi connectivity index (χ4n) is 3.58. The largest absolute Gasteiger partial charge is 0.332 e. The van der Waals surface area contributed by atoms with Gasteiger partial charge in [-0.25, -0.2) is 13.2 Å². The molecule has 0 aromatic heterocycles. The molecule has 3 N–H and O–H groups in total. The van der Waals surface area contributed by atoms with Gasteiger partial charge in [-0.2, -0.15) is 0 Å². The van der Waals surface area contributed by atoms with Gasteiger partial charge in [-0.15, -0.1) is 0 Å². The zero-order valence-electron chi connectivity index (χ0n) is 14.1. The van der Waals surface area contributed by atoms with Crippen LogP contribution in [0.5, 0.6) is 0 Å². The molecule has 1 aromatic rings. The normalized spacial score (nSPS) is 26.6. The number of aryl methyl sites for hydroxylation is 1. The van der Waals surface area contributed by atoms with Crippen LogP contribution in [-0.2, 0) is 14.6 Å². The second-order valence-electron chi connectivity index (χ2n) is 6.78. The molecule has 136 valence electrons. The van der Waals surface area contributed by atoms with E-state index in [0.29, 0.717) is 25.7 Å². The van der Waals surface area contributed by atoms with Gasteiger partial charge in [-0.3, -0.25) is 4.79 Å². The van der Waals surface area contributed by atoms with Crippen molar-refractivity contribution in [3.63, 3.8) is 0 Å². The van der Waals surface area contributed by atoms with Crippen molar-refractivity contribution in [2.45, 2.75) is 49.9 Å². The maximum atomic E-state index is 12.2. The predicted molar refractivity (Wildman–Crippen MR) is 95.1 cm³/mol. The number of sulfone groups is 1. The quantitative estimate of drug-likeness (QED) is 0.523. The Bertz CT molecular complexity index is 778. The van der Waals surface area contributed by atoms with E-state index in [1.165, 1.54) is 0 Å². The van der Waals surface area contributed by atoms with Gasteiger partial charge in [0.05, 0.1) is 23.1 Å². The van der Waals surface area contributed by atoms with Crippen molar-refractivity contribution in [2.24, 2.45) is 0 Å². The van der Waals surface area contributed by atoms with Crippen molar-refractivity contribution in [1.29, 1.82) is 0 Å². The van der Waals surface area contributed by atoms with Crippen LogP contribution in [0.25, 0.3) is 0 Å². The van der Waals surface area contributed by atoms with Crippen molar-refractivity contribution in [3.8, 4) is 0 Å². The summed E-state index contributed by atoms with van der Waals surface area (Å²) in [6, 6.07) is 6.61. The van der Waals surface area contributed by atoms with Crippen LogP contribution in [0, 0.1) is 6.92 Å². The van der Waals surface area contributed by atoms with Gasteiger partial charge in [0.1, 0.15) is 0 Å². The molecule has 1 aromatic carbocycles. The van der Waals surface area contributed by atoms with Crippen LogP contribution in [0.1, 0.15) is 31.2 Å². The Kier molecular flexibility index (Phi) is 4.99. The first kappa shape index (κ1) is 17.7. The maximum Gasteiger partial charge on any atom is 0.315 e. The van der Waals surface area contributed by atoms with E-state index in [1.807, 2.05) is 31.2 Å². The van der Waals surface area contributed by atoms with Crippen molar-refractivity contribution < 1.29 is 18.0 Å². The van der Waals surface area contributed by atoms with Crippen LogP contribution in [0.3, 0.4) is 0 Å². The molecule has 0 saturated carbocycles. The average molecular weight is 365 g/mol. The van der Waals surface area contributed by atoms with E-state index in [4.69, 9.17) is 0 Å². The summed E-state index contributed by atoms with van der Waals surface area (Å²) in [7, 11) is -3.20. The van der Waals surface area contributed by atoms with Gasteiger partial charge in [-0.1, -0.05) is 18.6 Å². The third-order valence-corrected chi connectivity index (χ3v) is 7.04. The molecule has 2 aliphatic heterocycles. The second-order valence-corrected chi connectivity index (χ2v) is 9.05. The summed E-state index contributed by atoms with van der Waals surface area (Å²) in [6.07, 6.45) is 2.05. The lowest BCUT2D eigenvalue weighted by molar-refractivity contribution is -0.116. The van der Waals surface area contributed by atoms with Crippen LogP contribution >= 0.6 is 0 Å². The third kappa shape index (κ3) is 4.12. The number of benzene rings is 1. The first-order chi connectivity index (χ1) is 11.8. The van der Waals surface area contributed by atoms with Gasteiger partial charge in [0.15, 0.2) is 9.84 Å². The fourth-order valence-corrected chi connectivity index (χ4v) is 5.85. The number of hydrogen-bond donors (Lipinski definition) is 3. The van der Waals surface area contributed by atoms with Crippen LogP contribution in [0.4, 0.5) is 10.5 Å². The van der Waals surface area contributed by atoms with E-state index < -0.39 is 15.1 Å². The van der Waals surface area contributed by atoms with Crippen molar-refractivity contribution in [3.05, 3.63) is 29.8 Å². The molecular weight excluding hydrogens is 342 g/mol. The zero-order valence-corrected chi connectivity index (χ0v) is 14.9. The van der Waals surface area contributed by atoms with Gasteiger partial charge in [0.2, 0.25) is 5.91 Å². The fraction of sp³-hybridized carbons (Fsp3) is 0.529. The van der Waals surface area contributed by atoms with E-state index >= 15 is 0 Å². The second kappa shape index (κ2) is 7.03. The molecule has 0 bridgehead atoms. The highest BCUT2D eigenvalue weighted by atomic mass is 32.2. The minimum Gasteiger partial charge on any atom is -0.332 e. The number of hydrogen-bond acceptors (Lipinski definition) is 4. The molecule has 25 heavy (non-hydrogen) atoms. The monoisotopic (exact) mass is 365 g/mol. The lowest BCUT2D eigenvalue weighted by Crippen LogP contribution is -2.39. The van der Waals surface area contributed by atoms with Gasteiger partial charge in [0.25, 0.3) is 0 Å². The number of carbonyl (C=O) groups excluding carboxylic acids is 2. The van der Waals surface area contributed by atoms with E-state index in [1.54, 1.807) is 0 Å². The summed E-state index contributed by atoms with van der Waals surface area (Å²) in [4.78, 5) is 23.3. The number of carbonyl (C=O) groups is 2. The molecule has 2 heterocycles. The molecule has 0 unspecified atom stereocenters. The van der Waals surface area contributed by atoms with Crippen LogP contribution in [0.2, 0.25) is 0 Å². The van der Waals surface area contributed by atoms with E-state index in [-0.39, 0.29) is 29.8 Å². The molecule has 2 aliphatic rings. The lowest BCUT2D eigenvalue weighted by atomic mass is 10.0. The summed E-state index contributed by atoms with van der Waals surface area (Å²) in [6.45, 7) is 1.96. The zero-order chi connectivity index (χ0) is 18.0. The standard InChI is InChI=1S/C17H23N3O4S/c1-11-5-4-6-12(9-11)18-15(21)8-3-2-7-14-16-13(10-25(14,23)24)19-17(22)20-16/h4-6,9,13-14,16H,2-3,7-8,10H2,1H3,(H,18,21)(H2,19,20,22)/t13-,14+,16-/m0/s1. The Morgan fingerprint density at radius 1 is 1.28 bits per heavy atom. The smallest absolute Gasteiger partial charge is 0.315 e. The minimum atomic E-state index is -3.20. The van der Waals surface area contributed by atoms with Crippen molar-refractivity contribution >= 4 is 27.5 Å². The topological polar surface area (TPSA) is 104 Å². The lowest BCUT2D eigenvalue weighted by Gasteiger charge is -2.16. The molecule has 3 atom stereocenters. The number of rotatable bonds is 6. The SMILES string of the molecule is Cc1cccc(NC(=O)CCCC[C@@H]2[C@H]3NC(=O)N[C@H]3CS2(=O)=O)c1. The molecule has 2 saturated heterocycles. The first-order valence-electron chi connectivity index (χ1n) is 8.50. The highest BCUT2D eigenvalue weighted by molar-refractivity contribution is 7.92. The predicted octanol–water partition coefficient (Wildman–Crippen LogP) is 1.34. The molecule has 8 heteroatoms. The summed E-state index contributed by atoms with van der Waals surface area (Å²) in [5, 5.41) is 7.64. The third-order valence-electron chi connectivity index (χ3n) is 4.77. The highest BCUT2D eigenvalue weighted by Gasteiger charge is 2.51. The molecular formula is C17H23N3O4S. The number of unbranched alkanes of at least 4 members (excludes halogenated alkanes) is 1. The van der Waals surface area contributed by atoms with Crippen molar-refractivity contribution in [2.75, 3.05) is 11.1 Å². The number of nitrogens with one attached hydrogen (secondary N) is 3. The molecule has 0 spiro atoms. The Labute approximate surface area is 147 Å². The minimum absolute atomic E-state index is 0.00504. The Morgan fingerprint density at radius 2 is 2.08 bits per heavy atom. The average Bonchev–Trinajstić information content (AvgIpc) is 2.96. The summed E-state index contributed by atoms with van der Waals surface area (Å²) >= 11 is 0. The number of amides is 3.